The molecule has 0 N–H and O–H groups in total. The Morgan fingerprint density at radius 3 is 2.57 bits per heavy atom. The summed E-state index contributed by atoms with van der Waals surface area (Å²) in [6.07, 6.45) is 0. The van der Waals surface area contributed by atoms with E-state index in [-0.39, 0.29) is 0 Å². The molecule has 0 aliphatic rings. The molecular formula is C19H11N3S. The van der Waals surface area contributed by atoms with Gasteiger partial charge < -0.3 is 0 Å². The lowest BCUT2D eigenvalue weighted by molar-refractivity contribution is 1.08. The Hall–Kier alpha value is -2.85. The highest BCUT2D eigenvalue weighted by Gasteiger charge is 2.10. The molecule has 3 aromatic heterocycles. The molecule has 2 aromatic carbocycles. The van der Waals surface area contributed by atoms with E-state index in [0.717, 1.165) is 37.9 Å². The molecule has 0 aliphatic carbocycles. The van der Waals surface area contributed by atoms with Crippen molar-refractivity contribution in [1.82, 2.24) is 15.2 Å². The minimum Gasteiger partial charge on any atom is -0.246 e. The zero-order valence-corrected chi connectivity index (χ0v) is 12.9. The van der Waals surface area contributed by atoms with Crippen molar-refractivity contribution in [2.45, 2.75) is 0 Å². The third kappa shape index (κ3) is 1.99. The van der Waals surface area contributed by atoms with Gasteiger partial charge in [-0.3, -0.25) is 0 Å². The summed E-state index contributed by atoms with van der Waals surface area (Å²) in [5.41, 5.74) is 3.61. The Bertz CT molecular complexity index is 1180. The number of hydrogen-bond acceptors (Lipinski definition) is 4. The van der Waals surface area contributed by atoms with Crippen LogP contribution in [0, 0.1) is 0 Å². The van der Waals surface area contributed by atoms with E-state index in [1.807, 2.05) is 30.3 Å². The zero-order valence-electron chi connectivity index (χ0n) is 12.1. The van der Waals surface area contributed by atoms with Gasteiger partial charge in [0.25, 0.3) is 0 Å². The van der Waals surface area contributed by atoms with E-state index in [0.29, 0.717) is 0 Å². The standard InChI is InChI=1S/C19H11N3S/c1-3-7-14-12(5-1)9-10-15(20-14)16-11-18-19(22-21-16)13-6-2-4-8-17(13)23-18/h1-11H. The summed E-state index contributed by atoms with van der Waals surface area (Å²) in [5, 5.41) is 11.1. The van der Waals surface area contributed by atoms with Crippen molar-refractivity contribution in [2.24, 2.45) is 0 Å². The molecule has 0 unspecified atom stereocenters. The molecule has 0 fully saturated rings. The van der Waals surface area contributed by atoms with Gasteiger partial charge >= 0.3 is 0 Å². The lowest BCUT2D eigenvalue weighted by Gasteiger charge is -2.02. The molecule has 0 radical (unpaired) electrons. The molecule has 3 heterocycles. The van der Waals surface area contributed by atoms with Crippen LogP contribution in [0.5, 0.6) is 0 Å². The molecule has 108 valence electrons. The molecule has 0 spiro atoms. The number of nitrogens with zero attached hydrogens (tertiary/aromatic N) is 3. The molecule has 4 heteroatoms. The highest BCUT2D eigenvalue weighted by molar-refractivity contribution is 7.25. The van der Waals surface area contributed by atoms with E-state index in [4.69, 9.17) is 4.98 Å². The summed E-state index contributed by atoms with van der Waals surface area (Å²) in [6.45, 7) is 0. The number of thiophene rings is 1. The molecule has 0 atom stereocenters. The minimum atomic E-state index is 0.815. The smallest absolute Gasteiger partial charge is 0.113 e. The second-order valence-corrected chi connectivity index (χ2v) is 6.51. The molecular weight excluding hydrogens is 302 g/mol. The average molecular weight is 313 g/mol. The van der Waals surface area contributed by atoms with Crippen LogP contribution in [0.1, 0.15) is 0 Å². The van der Waals surface area contributed by atoms with Gasteiger partial charge in [0.1, 0.15) is 11.2 Å². The molecule has 23 heavy (non-hydrogen) atoms. The molecule has 0 saturated carbocycles. The molecule has 0 amide bonds. The van der Waals surface area contributed by atoms with Crippen molar-refractivity contribution in [3.05, 3.63) is 66.7 Å². The summed E-state index contributed by atoms with van der Waals surface area (Å²) >= 11 is 1.74. The van der Waals surface area contributed by atoms with Gasteiger partial charge in [-0.15, -0.1) is 21.5 Å². The number of hydrogen-bond donors (Lipinski definition) is 0. The topological polar surface area (TPSA) is 38.7 Å². The summed E-state index contributed by atoms with van der Waals surface area (Å²) in [5.74, 6) is 0. The fourth-order valence-electron chi connectivity index (χ4n) is 2.84. The van der Waals surface area contributed by atoms with E-state index in [2.05, 4.69) is 46.6 Å². The van der Waals surface area contributed by atoms with Crippen LogP contribution in [0.2, 0.25) is 0 Å². The summed E-state index contributed by atoms with van der Waals surface area (Å²) in [6, 6.07) is 22.6. The Labute approximate surface area is 136 Å². The SMILES string of the molecule is c1ccc2nc(-c3cc4sc5ccccc5c4nn3)ccc2c1. The number of fused-ring (bicyclic) bond motifs is 4. The Kier molecular flexibility index (Phi) is 2.66. The van der Waals surface area contributed by atoms with Gasteiger partial charge in [-0.05, 0) is 24.3 Å². The van der Waals surface area contributed by atoms with Crippen LogP contribution in [0.15, 0.2) is 66.7 Å². The summed E-state index contributed by atoms with van der Waals surface area (Å²) in [4.78, 5) is 4.71. The summed E-state index contributed by atoms with van der Waals surface area (Å²) in [7, 11) is 0. The first-order valence-electron chi connectivity index (χ1n) is 7.40. The largest absolute Gasteiger partial charge is 0.246 e. The average Bonchev–Trinajstić information content (AvgIpc) is 2.99. The number of para-hydroxylation sites is 1. The maximum Gasteiger partial charge on any atom is 0.113 e. The van der Waals surface area contributed by atoms with E-state index in [1.54, 1.807) is 11.3 Å². The third-order valence-corrected chi connectivity index (χ3v) is 5.09. The van der Waals surface area contributed by atoms with Crippen LogP contribution in [0.25, 0.3) is 42.6 Å². The normalized spacial score (nSPS) is 11.5. The third-order valence-electron chi connectivity index (χ3n) is 3.98. The maximum absolute atomic E-state index is 4.71. The monoisotopic (exact) mass is 313 g/mol. The maximum atomic E-state index is 4.71. The number of pyridine rings is 1. The fourth-order valence-corrected chi connectivity index (χ4v) is 3.92. The van der Waals surface area contributed by atoms with E-state index >= 15 is 0 Å². The van der Waals surface area contributed by atoms with Gasteiger partial charge in [-0.2, -0.15) is 0 Å². The zero-order chi connectivity index (χ0) is 15.2. The molecule has 0 bridgehead atoms. The van der Waals surface area contributed by atoms with Gasteiger partial charge in [0.15, 0.2) is 0 Å². The van der Waals surface area contributed by atoms with E-state index in [9.17, 15) is 0 Å². The van der Waals surface area contributed by atoms with Gasteiger partial charge in [-0.25, -0.2) is 4.98 Å². The molecule has 0 aliphatic heterocycles. The van der Waals surface area contributed by atoms with Crippen LogP contribution in [-0.2, 0) is 0 Å². The van der Waals surface area contributed by atoms with Crippen LogP contribution in [0.3, 0.4) is 0 Å². The van der Waals surface area contributed by atoms with Crippen molar-refractivity contribution in [2.75, 3.05) is 0 Å². The van der Waals surface area contributed by atoms with Gasteiger partial charge in [0.2, 0.25) is 0 Å². The highest BCUT2D eigenvalue weighted by Crippen LogP contribution is 2.33. The molecule has 0 saturated heterocycles. The van der Waals surface area contributed by atoms with Crippen LogP contribution in [0.4, 0.5) is 0 Å². The van der Waals surface area contributed by atoms with Crippen molar-refractivity contribution in [3.63, 3.8) is 0 Å². The van der Waals surface area contributed by atoms with E-state index in [1.165, 1.54) is 4.70 Å². The first-order valence-corrected chi connectivity index (χ1v) is 8.21. The predicted molar refractivity (Wildman–Crippen MR) is 95.7 cm³/mol. The second kappa shape index (κ2) is 4.83. The van der Waals surface area contributed by atoms with Crippen molar-refractivity contribution < 1.29 is 0 Å². The van der Waals surface area contributed by atoms with Crippen molar-refractivity contribution in [3.8, 4) is 11.4 Å². The first-order chi connectivity index (χ1) is 11.4. The van der Waals surface area contributed by atoms with Crippen LogP contribution < -0.4 is 0 Å². The quantitative estimate of drug-likeness (QED) is 0.434. The first kappa shape index (κ1) is 12.7. The van der Waals surface area contributed by atoms with Crippen molar-refractivity contribution >= 4 is 42.5 Å². The van der Waals surface area contributed by atoms with Gasteiger partial charge in [0.05, 0.1) is 15.9 Å². The van der Waals surface area contributed by atoms with Gasteiger partial charge in [0, 0.05) is 15.5 Å². The Morgan fingerprint density at radius 1 is 0.696 bits per heavy atom. The van der Waals surface area contributed by atoms with Crippen LogP contribution >= 0.6 is 11.3 Å². The van der Waals surface area contributed by atoms with Crippen LogP contribution in [-0.4, -0.2) is 15.2 Å². The lowest BCUT2D eigenvalue weighted by atomic mass is 10.1. The molecule has 5 rings (SSSR count). The second-order valence-electron chi connectivity index (χ2n) is 5.43. The van der Waals surface area contributed by atoms with E-state index < -0.39 is 0 Å². The molecule has 3 nitrogen and oxygen atoms in total. The number of rotatable bonds is 1. The highest BCUT2D eigenvalue weighted by atomic mass is 32.1. The molecule has 5 aromatic rings. The lowest BCUT2D eigenvalue weighted by Crippen LogP contribution is -1.90. The number of aromatic nitrogens is 3. The minimum absolute atomic E-state index is 0.815. The van der Waals surface area contributed by atoms with Gasteiger partial charge in [-0.1, -0.05) is 42.5 Å². The van der Waals surface area contributed by atoms with Crippen molar-refractivity contribution in [1.29, 1.82) is 0 Å². The fraction of sp³-hybridized carbons (Fsp3) is 0. The number of benzene rings is 2. The Morgan fingerprint density at radius 2 is 1.57 bits per heavy atom. The Balaban J connectivity index is 1.73. The predicted octanol–water partition coefficient (Wildman–Crippen LogP) is 5.06. The summed E-state index contributed by atoms with van der Waals surface area (Å²) < 4.78 is 2.38.